The molecule has 24 heavy (non-hydrogen) atoms. The van der Waals surface area contributed by atoms with Crippen molar-refractivity contribution in [3.8, 4) is 28.4 Å². The summed E-state index contributed by atoms with van der Waals surface area (Å²) in [6.07, 6.45) is 1.72. The lowest BCUT2D eigenvalue weighted by Gasteiger charge is -2.03. The number of aromatic nitrogens is 5. The number of aryl methyl sites for hydroxylation is 1. The Morgan fingerprint density at radius 2 is 1.58 bits per heavy atom. The molecule has 0 unspecified atom stereocenters. The summed E-state index contributed by atoms with van der Waals surface area (Å²) >= 11 is 0. The molecule has 6 nitrogen and oxygen atoms in total. The molecule has 0 atom stereocenters. The van der Waals surface area contributed by atoms with Gasteiger partial charge in [0.2, 0.25) is 0 Å². The molecular formula is C18H15N5O. The first-order valence-corrected chi connectivity index (χ1v) is 7.54. The van der Waals surface area contributed by atoms with Crippen molar-refractivity contribution in [3.63, 3.8) is 0 Å². The zero-order valence-corrected chi connectivity index (χ0v) is 13.3. The van der Waals surface area contributed by atoms with E-state index in [0.29, 0.717) is 11.6 Å². The van der Waals surface area contributed by atoms with E-state index in [2.05, 4.69) is 20.3 Å². The molecule has 0 aliphatic rings. The van der Waals surface area contributed by atoms with Crippen LogP contribution in [-0.2, 0) is 0 Å². The summed E-state index contributed by atoms with van der Waals surface area (Å²) in [5, 5.41) is 12.8. The van der Waals surface area contributed by atoms with Crippen LogP contribution in [0, 0.1) is 6.92 Å². The monoisotopic (exact) mass is 317 g/mol. The van der Waals surface area contributed by atoms with Crippen LogP contribution in [0.4, 0.5) is 0 Å². The molecule has 4 rings (SSSR count). The van der Waals surface area contributed by atoms with Crippen molar-refractivity contribution in [1.29, 1.82) is 0 Å². The van der Waals surface area contributed by atoms with E-state index < -0.39 is 0 Å². The second kappa shape index (κ2) is 5.73. The number of hydrogen-bond acceptors (Lipinski definition) is 5. The molecule has 0 saturated heterocycles. The van der Waals surface area contributed by atoms with Gasteiger partial charge in [0.05, 0.1) is 19.0 Å². The molecule has 0 saturated carbocycles. The Morgan fingerprint density at radius 3 is 2.29 bits per heavy atom. The molecule has 4 aromatic rings. The van der Waals surface area contributed by atoms with Gasteiger partial charge in [-0.1, -0.05) is 29.8 Å². The summed E-state index contributed by atoms with van der Waals surface area (Å²) in [6, 6.07) is 15.7. The Morgan fingerprint density at radius 1 is 0.875 bits per heavy atom. The van der Waals surface area contributed by atoms with Gasteiger partial charge in [-0.25, -0.2) is 4.98 Å². The van der Waals surface area contributed by atoms with Crippen LogP contribution in [-0.4, -0.2) is 31.9 Å². The fourth-order valence-electron chi connectivity index (χ4n) is 2.48. The lowest BCUT2D eigenvalue weighted by atomic mass is 10.1. The lowest BCUT2D eigenvalue weighted by molar-refractivity contribution is 0.415. The van der Waals surface area contributed by atoms with E-state index in [4.69, 9.17) is 4.74 Å². The van der Waals surface area contributed by atoms with Crippen LogP contribution in [0.25, 0.3) is 28.4 Å². The second-order valence-corrected chi connectivity index (χ2v) is 5.47. The van der Waals surface area contributed by atoms with Crippen LogP contribution in [0.1, 0.15) is 5.56 Å². The first kappa shape index (κ1) is 14.3. The predicted molar refractivity (Wildman–Crippen MR) is 90.7 cm³/mol. The zero-order chi connectivity index (χ0) is 16.5. The Bertz CT molecular complexity index is 990. The van der Waals surface area contributed by atoms with Crippen molar-refractivity contribution in [3.05, 3.63) is 60.3 Å². The molecule has 2 aromatic carbocycles. The van der Waals surface area contributed by atoms with Gasteiger partial charge in [-0.2, -0.15) is 9.61 Å². The van der Waals surface area contributed by atoms with E-state index in [9.17, 15) is 0 Å². The lowest BCUT2D eigenvalue weighted by Crippen LogP contribution is -1.98. The highest BCUT2D eigenvalue weighted by Crippen LogP contribution is 2.22. The van der Waals surface area contributed by atoms with E-state index in [1.165, 1.54) is 5.56 Å². The van der Waals surface area contributed by atoms with Crippen molar-refractivity contribution in [2.24, 2.45) is 0 Å². The summed E-state index contributed by atoms with van der Waals surface area (Å²) in [7, 11) is 1.64. The van der Waals surface area contributed by atoms with E-state index in [1.807, 2.05) is 55.5 Å². The third-order valence-corrected chi connectivity index (χ3v) is 3.84. The van der Waals surface area contributed by atoms with Gasteiger partial charge in [-0.15, -0.1) is 10.2 Å². The zero-order valence-electron chi connectivity index (χ0n) is 13.3. The van der Waals surface area contributed by atoms with Crippen molar-refractivity contribution < 1.29 is 4.74 Å². The molecule has 0 amide bonds. The highest BCUT2D eigenvalue weighted by Gasteiger charge is 2.11. The molecule has 0 aliphatic heterocycles. The average molecular weight is 317 g/mol. The Balaban J connectivity index is 1.75. The van der Waals surface area contributed by atoms with Gasteiger partial charge in [-0.05, 0) is 31.2 Å². The number of benzene rings is 2. The van der Waals surface area contributed by atoms with Crippen molar-refractivity contribution in [2.75, 3.05) is 7.11 Å². The molecule has 0 spiro atoms. The predicted octanol–water partition coefficient (Wildman–Crippen LogP) is 3.17. The third-order valence-electron chi connectivity index (χ3n) is 3.84. The largest absolute Gasteiger partial charge is 0.497 e. The normalized spacial score (nSPS) is 10.9. The van der Waals surface area contributed by atoms with E-state index >= 15 is 0 Å². The van der Waals surface area contributed by atoms with Crippen LogP contribution in [0.5, 0.6) is 5.75 Å². The summed E-state index contributed by atoms with van der Waals surface area (Å²) in [4.78, 5) is 4.55. The number of rotatable bonds is 3. The first-order chi connectivity index (χ1) is 11.7. The molecule has 118 valence electrons. The Labute approximate surface area is 138 Å². The molecule has 0 radical (unpaired) electrons. The molecule has 2 heterocycles. The maximum atomic E-state index is 5.17. The van der Waals surface area contributed by atoms with E-state index in [-0.39, 0.29) is 0 Å². The minimum absolute atomic E-state index is 0.471. The van der Waals surface area contributed by atoms with Gasteiger partial charge < -0.3 is 4.74 Å². The number of methoxy groups -OCH3 is 1. The minimum atomic E-state index is 0.471. The number of ether oxygens (including phenoxy) is 1. The third kappa shape index (κ3) is 2.48. The summed E-state index contributed by atoms with van der Waals surface area (Å²) in [5.41, 5.74) is 3.85. The van der Waals surface area contributed by atoms with Gasteiger partial charge in [0, 0.05) is 11.1 Å². The molecular weight excluding hydrogens is 302 g/mol. The topological polar surface area (TPSA) is 65.2 Å². The second-order valence-electron chi connectivity index (χ2n) is 5.47. The quantitative estimate of drug-likeness (QED) is 0.580. The van der Waals surface area contributed by atoms with Crippen LogP contribution in [0.15, 0.2) is 54.7 Å². The van der Waals surface area contributed by atoms with Crippen LogP contribution in [0.2, 0.25) is 0 Å². The maximum Gasteiger partial charge on any atom is 0.272 e. The highest BCUT2D eigenvalue weighted by atomic mass is 16.5. The molecule has 0 fully saturated rings. The Hall–Kier alpha value is -3.28. The standard InChI is InChI=1S/C18H15N5O/c1-12-3-5-14(6-4-12)17-21-22-18-20-16(11-19-23(17)18)13-7-9-15(24-2)10-8-13/h3-11H,1-2H3. The van der Waals surface area contributed by atoms with E-state index in [1.54, 1.807) is 17.8 Å². The molecule has 0 N–H and O–H groups in total. The number of hydrogen-bond donors (Lipinski definition) is 0. The van der Waals surface area contributed by atoms with Gasteiger partial charge in [0.1, 0.15) is 5.75 Å². The molecule has 0 bridgehead atoms. The summed E-state index contributed by atoms with van der Waals surface area (Å²) < 4.78 is 6.82. The SMILES string of the molecule is COc1ccc(-c2cnn3c(-c4ccc(C)cc4)nnc3n2)cc1. The molecule has 2 aromatic heterocycles. The van der Waals surface area contributed by atoms with Crippen molar-refractivity contribution in [2.45, 2.75) is 6.92 Å². The fourth-order valence-corrected chi connectivity index (χ4v) is 2.48. The smallest absolute Gasteiger partial charge is 0.272 e. The number of fused-ring (bicyclic) bond motifs is 1. The summed E-state index contributed by atoms with van der Waals surface area (Å²) in [5.74, 6) is 1.95. The molecule has 0 aliphatic carbocycles. The van der Waals surface area contributed by atoms with Crippen molar-refractivity contribution in [1.82, 2.24) is 24.8 Å². The van der Waals surface area contributed by atoms with Crippen LogP contribution >= 0.6 is 0 Å². The Kier molecular flexibility index (Phi) is 3.42. The van der Waals surface area contributed by atoms with Crippen LogP contribution in [0.3, 0.4) is 0 Å². The molecule has 6 heteroatoms. The number of nitrogens with zero attached hydrogens (tertiary/aromatic N) is 5. The van der Waals surface area contributed by atoms with Crippen LogP contribution < -0.4 is 4.74 Å². The minimum Gasteiger partial charge on any atom is -0.497 e. The maximum absolute atomic E-state index is 5.17. The van der Waals surface area contributed by atoms with Crippen molar-refractivity contribution >= 4 is 5.78 Å². The van der Waals surface area contributed by atoms with E-state index in [0.717, 1.165) is 22.6 Å². The summed E-state index contributed by atoms with van der Waals surface area (Å²) in [6.45, 7) is 2.05. The van der Waals surface area contributed by atoms with Gasteiger partial charge >= 0.3 is 0 Å². The average Bonchev–Trinajstić information content (AvgIpc) is 3.05. The highest BCUT2D eigenvalue weighted by molar-refractivity contribution is 5.62. The van der Waals surface area contributed by atoms with Gasteiger partial charge in [0.15, 0.2) is 5.82 Å². The first-order valence-electron chi connectivity index (χ1n) is 7.54. The van der Waals surface area contributed by atoms with Gasteiger partial charge in [-0.3, -0.25) is 0 Å². The van der Waals surface area contributed by atoms with Gasteiger partial charge in [0.25, 0.3) is 5.78 Å². The fraction of sp³-hybridized carbons (Fsp3) is 0.111.